The van der Waals surface area contributed by atoms with E-state index in [0.717, 1.165) is 33.4 Å². The van der Waals surface area contributed by atoms with Crippen molar-refractivity contribution >= 4 is 48.6 Å². The molecule has 0 amide bonds. The van der Waals surface area contributed by atoms with Crippen molar-refractivity contribution in [3.05, 3.63) is 171 Å². The van der Waals surface area contributed by atoms with E-state index in [1.165, 1.54) is 48.5 Å². The van der Waals surface area contributed by atoms with Crippen LogP contribution >= 0.6 is 0 Å². The molecule has 1 nitrogen and oxygen atoms in total. The predicted molar refractivity (Wildman–Crippen MR) is 166 cm³/mol. The summed E-state index contributed by atoms with van der Waals surface area (Å²) in [5, 5.41) is 0. The first-order chi connectivity index (χ1) is 20.4. The second-order valence-corrected chi connectivity index (χ2v) is 9.48. The van der Waals surface area contributed by atoms with Crippen LogP contribution in [0.1, 0.15) is 44.8 Å². The summed E-state index contributed by atoms with van der Waals surface area (Å²) >= 11 is 0. The largest absolute Gasteiger partial charge is 0.248 e. The van der Waals surface area contributed by atoms with E-state index >= 15 is 0 Å². The van der Waals surface area contributed by atoms with Crippen molar-refractivity contribution in [3.8, 4) is 0 Å². The molecule has 0 spiro atoms. The number of halogens is 4. The van der Waals surface area contributed by atoms with Gasteiger partial charge in [0.2, 0.25) is 0 Å². The molecule has 0 bridgehead atoms. The standard InChI is InChI=1S/C37H25F4N/c38-32-15-3-26(4-16-32)1-13-30-25-31(14-2-27-5-17-33(39)18-6-27)37(24-12-29-9-21-35(41)22-10-29)42-36(30)23-11-28-7-19-34(40)20-8-28/h1-25H/b13-1+,14-2+,23-11+,24-12+. The maximum Gasteiger partial charge on any atom is 0.123 e. The van der Waals surface area contributed by atoms with Crippen molar-refractivity contribution in [2.45, 2.75) is 0 Å². The summed E-state index contributed by atoms with van der Waals surface area (Å²) in [5.41, 5.74) is 6.10. The molecule has 0 aliphatic heterocycles. The van der Waals surface area contributed by atoms with E-state index in [-0.39, 0.29) is 23.3 Å². The number of aromatic nitrogens is 1. The molecule has 1 aromatic heterocycles. The van der Waals surface area contributed by atoms with Gasteiger partial charge in [-0.2, -0.15) is 0 Å². The summed E-state index contributed by atoms with van der Waals surface area (Å²) < 4.78 is 53.8. The molecule has 5 rings (SSSR count). The number of hydrogen-bond acceptors (Lipinski definition) is 1. The molecule has 0 aliphatic carbocycles. The van der Waals surface area contributed by atoms with E-state index < -0.39 is 0 Å². The molecule has 0 N–H and O–H groups in total. The van der Waals surface area contributed by atoms with E-state index in [4.69, 9.17) is 4.98 Å². The molecule has 0 saturated carbocycles. The third-order valence-corrected chi connectivity index (χ3v) is 6.40. The zero-order chi connectivity index (χ0) is 29.3. The van der Waals surface area contributed by atoms with Crippen molar-refractivity contribution in [1.82, 2.24) is 4.98 Å². The molecule has 0 unspecified atom stereocenters. The fraction of sp³-hybridized carbons (Fsp3) is 0. The summed E-state index contributed by atoms with van der Waals surface area (Å²) in [6.07, 6.45) is 14.9. The monoisotopic (exact) mass is 559 g/mol. The molecule has 0 fully saturated rings. The lowest BCUT2D eigenvalue weighted by Crippen LogP contribution is -1.95. The minimum Gasteiger partial charge on any atom is -0.248 e. The van der Waals surface area contributed by atoms with Crippen molar-refractivity contribution in [2.75, 3.05) is 0 Å². The summed E-state index contributed by atoms with van der Waals surface area (Å²) in [4.78, 5) is 4.95. The van der Waals surface area contributed by atoms with Gasteiger partial charge in [-0.1, -0.05) is 85.0 Å². The smallest absolute Gasteiger partial charge is 0.123 e. The quantitative estimate of drug-likeness (QED) is 0.172. The van der Waals surface area contributed by atoms with Crippen molar-refractivity contribution in [2.24, 2.45) is 0 Å². The maximum absolute atomic E-state index is 13.4. The van der Waals surface area contributed by atoms with E-state index in [9.17, 15) is 17.6 Å². The summed E-state index contributed by atoms with van der Waals surface area (Å²) in [6, 6.07) is 26.6. The Balaban J connectivity index is 1.60. The van der Waals surface area contributed by atoms with Crippen LogP contribution in [0.15, 0.2) is 103 Å². The Kier molecular flexibility index (Phi) is 9.00. The number of benzene rings is 4. The van der Waals surface area contributed by atoms with Gasteiger partial charge in [-0.05, 0) is 89.0 Å². The summed E-state index contributed by atoms with van der Waals surface area (Å²) in [6.45, 7) is 0. The number of pyridine rings is 1. The second kappa shape index (κ2) is 13.4. The number of nitrogens with zero attached hydrogens (tertiary/aromatic N) is 1. The molecule has 1 heterocycles. The molecule has 42 heavy (non-hydrogen) atoms. The fourth-order valence-electron chi connectivity index (χ4n) is 4.13. The van der Waals surface area contributed by atoms with Crippen LogP contribution in [0.5, 0.6) is 0 Å². The molecule has 0 saturated heterocycles. The van der Waals surface area contributed by atoms with Gasteiger partial charge in [0.05, 0.1) is 11.4 Å². The van der Waals surface area contributed by atoms with Gasteiger partial charge >= 0.3 is 0 Å². The van der Waals surface area contributed by atoms with Crippen LogP contribution in [-0.4, -0.2) is 4.98 Å². The van der Waals surface area contributed by atoms with E-state index in [1.807, 2.05) is 54.7 Å². The van der Waals surface area contributed by atoms with Crippen LogP contribution in [0.2, 0.25) is 0 Å². The van der Waals surface area contributed by atoms with Crippen LogP contribution in [-0.2, 0) is 0 Å². The predicted octanol–water partition coefficient (Wildman–Crippen LogP) is 10.3. The van der Waals surface area contributed by atoms with Gasteiger partial charge in [0.15, 0.2) is 0 Å². The molecule has 5 heteroatoms. The zero-order valence-electron chi connectivity index (χ0n) is 22.4. The van der Waals surface area contributed by atoms with Crippen molar-refractivity contribution in [1.29, 1.82) is 0 Å². The Bertz CT molecular complexity index is 1500. The van der Waals surface area contributed by atoms with Crippen LogP contribution < -0.4 is 0 Å². The second-order valence-electron chi connectivity index (χ2n) is 9.48. The maximum atomic E-state index is 13.4. The molecule has 0 atom stereocenters. The highest BCUT2D eigenvalue weighted by molar-refractivity contribution is 5.84. The molecule has 206 valence electrons. The van der Waals surface area contributed by atoms with Gasteiger partial charge in [0.25, 0.3) is 0 Å². The van der Waals surface area contributed by atoms with Crippen molar-refractivity contribution < 1.29 is 17.6 Å². The first-order valence-electron chi connectivity index (χ1n) is 13.2. The lowest BCUT2D eigenvalue weighted by atomic mass is 10.0. The van der Waals surface area contributed by atoms with Crippen LogP contribution in [0.3, 0.4) is 0 Å². The average Bonchev–Trinajstić information content (AvgIpc) is 3.00. The minimum atomic E-state index is -0.321. The van der Waals surface area contributed by atoms with E-state index in [0.29, 0.717) is 11.4 Å². The Hall–Kier alpha value is -5.29. The molecule has 0 radical (unpaired) electrons. The summed E-state index contributed by atoms with van der Waals surface area (Å²) in [7, 11) is 0. The van der Waals surface area contributed by atoms with Crippen LogP contribution in [0.25, 0.3) is 48.6 Å². The SMILES string of the molecule is Fc1ccc(/C=C/c2cc(/C=C/c3ccc(F)cc3)c(/C=C/c3ccc(F)cc3)nc2/C=C/c2ccc(F)cc2)cc1. The van der Waals surface area contributed by atoms with Gasteiger partial charge in [0.1, 0.15) is 23.3 Å². The average molecular weight is 560 g/mol. The third kappa shape index (κ3) is 7.89. The lowest BCUT2D eigenvalue weighted by Gasteiger charge is -2.09. The van der Waals surface area contributed by atoms with E-state index in [2.05, 4.69) is 0 Å². The molecule has 5 aromatic rings. The Labute approximate surface area is 242 Å². The van der Waals surface area contributed by atoms with Gasteiger partial charge in [-0.3, -0.25) is 0 Å². The number of hydrogen-bond donors (Lipinski definition) is 0. The van der Waals surface area contributed by atoms with Gasteiger partial charge in [-0.25, -0.2) is 22.5 Å². The lowest BCUT2D eigenvalue weighted by molar-refractivity contribution is 0.627. The first-order valence-corrected chi connectivity index (χ1v) is 13.2. The van der Waals surface area contributed by atoms with Gasteiger partial charge in [0, 0.05) is 11.1 Å². The molecular weight excluding hydrogens is 534 g/mol. The normalized spacial score (nSPS) is 11.9. The zero-order valence-corrected chi connectivity index (χ0v) is 22.4. The highest BCUT2D eigenvalue weighted by Gasteiger charge is 2.07. The Morgan fingerprint density at radius 3 is 0.881 bits per heavy atom. The van der Waals surface area contributed by atoms with E-state index in [1.54, 1.807) is 48.5 Å². The third-order valence-electron chi connectivity index (χ3n) is 6.40. The molecule has 0 aliphatic rings. The summed E-state index contributed by atoms with van der Waals surface area (Å²) in [5.74, 6) is -1.28. The highest BCUT2D eigenvalue weighted by atomic mass is 19.1. The van der Waals surface area contributed by atoms with Crippen LogP contribution in [0, 0.1) is 23.3 Å². The molecular formula is C37H25F4N. The minimum absolute atomic E-state index is 0.317. The molecule has 4 aromatic carbocycles. The number of rotatable bonds is 8. The highest BCUT2D eigenvalue weighted by Crippen LogP contribution is 2.23. The fourth-order valence-corrected chi connectivity index (χ4v) is 4.13. The van der Waals surface area contributed by atoms with Gasteiger partial charge < -0.3 is 0 Å². The Morgan fingerprint density at radius 2 is 0.595 bits per heavy atom. The van der Waals surface area contributed by atoms with Crippen LogP contribution in [0.4, 0.5) is 17.6 Å². The van der Waals surface area contributed by atoms with Crippen molar-refractivity contribution in [3.63, 3.8) is 0 Å². The van der Waals surface area contributed by atoms with Gasteiger partial charge in [-0.15, -0.1) is 0 Å². The Morgan fingerprint density at radius 1 is 0.333 bits per heavy atom. The topological polar surface area (TPSA) is 12.9 Å². The first kappa shape index (κ1) is 28.2.